The number of para-hydroxylation sites is 1. The summed E-state index contributed by atoms with van der Waals surface area (Å²) < 4.78 is 66.0. The lowest BCUT2D eigenvalue weighted by Gasteiger charge is -2.27. The number of aryl methyl sites for hydroxylation is 1. The van der Waals surface area contributed by atoms with E-state index in [0.29, 0.717) is 30.3 Å². The minimum absolute atomic E-state index is 0.0290. The molecule has 5 nitrogen and oxygen atoms in total. The van der Waals surface area contributed by atoms with E-state index < -0.39 is 23.2 Å². The summed E-state index contributed by atoms with van der Waals surface area (Å²) in [5.41, 5.74) is 3.50. The fourth-order valence-corrected chi connectivity index (χ4v) is 5.82. The average Bonchev–Trinajstić information content (AvgIpc) is 3.44. The Morgan fingerprint density at radius 1 is 0.976 bits per heavy atom. The van der Waals surface area contributed by atoms with Crippen molar-refractivity contribution in [1.29, 1.82) is 0 Å². The number of hydrogen-bond acceptors (Lipinski definition) is 4. The molecule has 0 saturated carbocycles. The van der Waals surface area contributed by atoms with Gasteiger partial charge in [-0.3, -0.25) is 0 Å². The molecule has 214 valence electrons. The summed E-state index contributed by atoms with van der Waals surface area (Å²) in [5, 5.41) is 0.240. The van der Waals surface area contributed by atoms with Gasteiger partial charge in [-0.05, 0) is 73.0 Å². The van der Waals surface area contributed by atoms with E-state index in [-0.39, 0.29) is 40.0 Å². The highest BCUT2D eigenvalue weighted by atomic mass is 35.5. The number of aromatic nitrogens is 2. The Balaban J connectivity index is 1.23. The van der Waals surface area contributed by atoms with Gasteiger partial charge in [-0.25, -0.2) is 18.2 Å². The van der Waals surface area contributed by atoms with Crippen LogP contribution < -0.4 is 9.47 Å². The van der Waals surface area contributed by atoms with Crippen molar-refractivity contribution in [1.82, 2.24) is 9.55 Å². The molecule has 0 aliphatic carbocycles. The number of hydrogen-bond donors (Lipinski definition) is 0. The van der Waals surface area contributed by atoms with Crippen LogP contribution in [0.1, 0.15) is 35.9 Å². The van der Waals surface area contributed by atoms with Gasteiger partial charge in [-0.15, -0.1) is 0 Å². The Morgan fingerprint density at radius 3 is 2.48 bits per heavy atom. The maximum atomic E-state index is 15.7. The second-order valence-electron chi connectivity index (χ2n) is 10.9. The van der Waals surface area contributed by atoms with Gasteiger partial charge in [-0.1, -0.05) is 29.8 Å². The second kappa shape index (κ2) is 10.1. The molecule has 0 N–H and O–H groups in total. The van der Waals surface area contributed by atoms with Crippen LogP contribution in [-0.4, -0.2) is 22.3 Å². The van der Waals surface area contributed by atoms with Gasteiger partial charge >= 0.3 is 0 Å². The first-order chi connectivity index (χ1) is 20.2. The van der Waals surface area contributed by atoms with E-state index in [4.69, 9.17) is 30.8 Å². The lowest BCUT2D eigenvalue weighted by Crippen LogP contribution is -2.32. The molecule has 9 heteroatoms. The number of fused-ring (bicyclic) bond motifs is 2. The number of benzene rings is 4. The van der Waals surface area contributed by atoms with E-state index in [1.807, 2.05) is 29.7 Å². The number of halogens is 4. The summed E-state index contributed by atoms with van der Waals surface area (Å²) in [6.45, 7) is 4.85. The molecular formula is C33H26ClF3N2O3. The summed E-state index contributed by atoms with van der Waals surface area (Å²) in [6, 6.07) is 17.7. The first kappa shape index (κ1) is 26.9. The van der Waals surface area contributed by atoms with Crippen molar-refractivity contribution >= 4 is 22.6 Å². The molecule has 42 heavy (non-hydrogen) atoms. The Hall–Kier alpha value is -4.01. The molecule has 0 bridgehead atoms. The fourth-order valence-electron chi connectivity index (χ4n) is 5.66. The van der Waals surface area contributed by atoms with Crippen LogP contribution in [0.2, 0.25) is 5.02 Å². The van der Waals surface area contributed by atoms with Gasteiger partial charge in [0.2, 0.25) is 0 Å². The van der Waals surface area contributed by atoms with Gasteiger partial charge < -0.3 is 18.8 Å². The van der Waals surface area contributed by atoms with Crippen molar-refractivity contribution in [3.05, 3.63) is 112 Å². The summed E-state index contributed by atoms with van der Waals surface area (Å²) >= 11 is 5.92. The molecule has 0 amide bonds. The third-order valence-corrected chi connectivity index (χ3v) is 8.19. The molecule has 5 aromatic rings. The summed E-state index contributed by atoms with van der Waals surface area (Å²) in [4.78, 5) is 4.73. The third kappa shape index (κ3) is 4.59. The molecule has 2 atom stereocenters. The SMILES string of the molecule is Cc1ccc2nc(Cc3c(F)cc(-c4cccc5c4OC(C)(c4ccc(Cl)cc4F)O5)cc3F)n(CC3CCO3)c2c1. The monoisotopic (exact) mass is 590 g/mol. The van der Waals surface area contributed by atoms with Crippen LogP contribution in [0, 0.1) is 24.4 Å². The summed E-state index contributed by atoms with van der Waals surface area (Å²) in [5.74, 6) is -2.34. The maximum absolute atomic E-state index is 15.7. The molecule has 1 aromatic heterocycles. The smallest absolute Gasteiger partial charge is 0.278 e. The minimum Gasteiger partial charge on any atom is -0.444 e. The fraction of sp³-hybridized carbons (Fsp3) is 0.242. The zero-order chi connectivity index (χ0) is 29.2. The zero-order valence-corrected chi connectivity index (χ0v) is 23.6. The van der Waals surface area contributed by atoms with Crippen LogP contribution >= 0.6 is 11.6 Å². The molecule has 1 fully saturated rings. The van der Waals surface area contributed by atoms with Gasteiger partial charge in [0.1, 0.15) is 23.3 Å². The Morgan fingerprint density at radius 2 is 1.76 bits per heavy atom. The van der Waals surface area contributed by atoms with E-state index in [1.54, 1.807) is 31.2 Å². The number of nitrogens with zero attached hydrogens (tertiary/aromatic N) is 2. The molecule has 7 rings (SSSR count). The molecular weight excluding hydrogens is 565 g/mol. The average molecular weight is 591 g/mol. The van der Waals surface area contributed by atoms with Crippen molar-refractivity contribution in [3.63, 3.8) is 0 Å². The highest BCUT2D eigenvalue weighted by Crippen LogP contribution is 2.50. The topological polar surface area (TPSA) is 45.5 Å². The van der Waals surface area contributed by atoms with Crippen molar-refractivity contribution in [2.24, 2.45) is 0 Å². The largest absolute Gasteiger partial charge is 0.444 e. The normalized spacial score (nSPS) is 19.3. The lowest BCUT2D eigenvalue weighted by atomic mass is 10.00. The molecule has 0 spiro atoms. The standard InChI is InChI=1S/C33H26ClF3N2O3/c1-18-6-9-28-29(12-18)39(17-21-10-11-40-21)31(38-28)16-23-25(35)13-19(14-26(23)36)22-4-3-5-30-32(22)42-33(2,41-30)24-8-7-20(34)15-27(24)37/h3-9,12-15,21H,10-11,16-17H2,1-2H3. The van der Waals surface area contributed by atoms with Gasteiger partial charge in [0.25, 0.3) is 5.79 Å². The molecule has 1 saturated heterocycles. The first-order valence-corrected chi connectivity index (χ1v) is 14.1. The van der Waals surface area contributed by atoms with Crippen LogP contribution in [0.15, 0.2) is 66.7 Å². The first-order valence-electron chi connectivity index (χ1n) is 13.7. The Kier molecular flexibility index (Phi) is 6.44. The van der Waals surface area contributed by atoms with Crippen LogP contribution in [0.4, 0.5) is 13.2 Å². The highest BCUT2D eigenvalue weighted by Gasteiger charge is 2.42. The van der Waals surface area contributed by atoms with Gasteiger partial charge in [-0.2, -0.15) is 0 Å². The maximum Gasteiger partial charge on any atom is 0.278 e. The van der Waals surface area contributed by atoms with E-state index >= 15 is 8.78 Å². The van der Waals surface area contributed by atoms with Crippen molar-refractivity contribution in [2.45, 2.75) is 45.1 Å². The highest BCUT2D eigenvalue weighted by molar-refractivity contribution is 6.30. The molecule has 2 unspecified atom stereocenters. The van der Waals surface area contributed by atoms with Crippen LogP contribution in [0.5, 0.6) is 11.5 Å². The predicted molar refractivity (Wildman–Crippen MR) is 153 cm³/mol. The minimum atomic E-state index is -1.49. The Labute approximate surface area is 245 Å². The number of ether oxygens (including phenoxy) is 3. The second-order valence-corrected chi connectivity index (χ2v) is 11.4. The number of imidazole rings is 1. The molecule has 0 radical (unpaired) electrons. The third-order valence-electron chi connectivity index (χ3n) is 7.95. The van der Waals surface area contributed by atoms with Crippen molar-refractivity contribution < 1.29 is 27.4 Å². The molecule has 2 aliphatic heterocycles. The molecule has 3 heterocycles. The quantitative estimate of drug-likeness (QED) is 0.200. The van der Waals surface area contributed by atoms with Crippen LogP contribution in [0.25, 0.3) is 22.2 Å². The van der Waals surface area contributed by atoms with Gasteiger partial charge in [0, 0.05) is 36.1 Å². The van der Waals surface area contributed by atoms with Crippen molar-refractivity contribution in [3.8, 4) is 22.6 Å². The lowest BCUT2D eigenvalue weighted by molar-refractivity contribution is -0.0705. The van der Waals surface area contributed by atoms with Crippen LogP contribution in [0.3, 0.4) is 0 Å². The van der Waals surface area contributed by atoms with E-state index in [0.717, 1.165) is 23.0 Å². The van der Waals surface area contributed by atoms with Crippen LogP contribution in [-0.2, 0) is 23.5 Å². The van der Waals surface area contributed by atoms with Gasteiger partial charge in [0.15, 0.2) is 11.5 Å². The summed E-state index contributed by atoms with van der Waals surface area (Å²) in [6.07, 6.45) is 0.950. The van der Waals surface area contributed by atoms with E-state index in [9.17, 15) is 4.39 Å². The Bertz CT molecular complexity index is 1850. The predicted octanol–water partition coefficient (Wildman–Crippen LogP) is 8.11. The summed E-state index contributed by atoms with van der Waals surface area (Å²) in [7, 11) is 0. The van der Waals surface area contributed by atoms with E-state index in [1.165, 1.54) is 24.3 Å². The zero-order valence-electron chi connectivity index (χ0n) is 22.9. The van der Waals surface area contributed by atoms with Crippen molar-refractivity contribution in [2.75, 3.05) is 6.61 Å². The van der Waals surface area contributed by atoms with E-state index in [2.05, 4.69) is 0 Å². The molecule has 2 aliphatic rings. The number of rotatable bonds is 6. The van der Waals surface area contributed by atoms with Gasteiger partial charge in [0.05, 0.1) is 29.2 Å². The molecule has 4 aromatic carbocycles.